The summed E-state index contributed by atoms with van der Waals surface area (Å²) < 4.78 is 9.76. The molecule has 0 bridgehead atoms. The fourth-order valence-electron chi connectivity index (χ4n) is 4.10. The molecule has 1 aliphatic heterocycles. The van der Waals surface area contributed by atoms with Gasteiger partial charge in [-0.15, -0.1) is 0 Å². The van der Waals surface area contributed by atoms with Gasteiger partial charge in [-0.2, -0.15) is 10.2 Å². The highest BCUT2D eigenvalue weighted by atomic mass is 16.5. The zero-order valence-corrected chi connectivity index (χ0v) is 17.0. The first kappa shape index (κ1) is 18.2. The number of hydrogen-bond acceptors (Lipinski definition) is 5. The quantitative estimate of drug-likeness (QED) is 0.695. The average molecular weight is 394 g/mol. The topological polar surface area (TPSA) is 76.7 Å². The van der Waals surface area contributed by atoms with Gasteiger partial charge in [-0.3, -0.25) is 14.4 Å². The van der Waals surface area contributed by atoms with Crippen LogP contribution in [-0.2, 0) is 11.8 Å². The van der Waals surface area contributed by atoms with Crippen LogP contribution in [0.1, 0.15) is 19.8 Å². The Labute approximate surface area is 169 Å². The number of likely N-dealkylation sites (tertiary alicyclic amines) is 1. The molecule has 1 amide bonds. The standard InChI is InChI=1S/C21H26N6O2/c1-13-11-25(2)17(13)12-29-18-10-22-26(3)20(18)15-6-7-27-16(8-15)9-19(24-27)23-21(28)14-4-5-14/h6-10,13-14,17H,4-5,11-12H2,1-3H3,(H,23,24,28)/t13-,17-/m0/s1. The molecule has 0 spiro atoms. The molecular formula is C21H26N6O2. The molecule has 4 heterocycles. The van der Waals surface area contributed by atoms with Crippen molar-refractivity contribution in [2.45, 2.75) is 25.8 Å². The second-order valence-electron chi connectivity index (χ2n) is 8.35. The number of nitrogens with one attached hydrogen (secondary N) is 1. The lowest BCUT2D eigenvalue weighted by Gasteiger charge is -2.43. The molecule has 2 aliphatic rings. The molecule has 29 heavy (non-hydrogen) atoms. The van der Waals surface area contributed by atoms with E-state index in [9.17, 15) is 4.79 Å². The molecule has 152 valence electrons. The van der Waals surface area contributed by atoms with Crippen LogP contribution in [0.2, 0.25) is 0 Å². The predicted molar refractivity (Wildman–Crippen MR) is 110 cm³/mol. The highest BCUT2D eigenvalue weighted by Crippen LogP contribution is 2.33. The van der Waals surface area contributed by atoms with Gasteiger partial charge in [-0.25, -0.2) is 4.52 Å². The van der Waals surface area contributed by atoms with Crippen LogP contribution in [0.15, 0.2) is 30.6 Å². The third-order valence-corrected chi connectivity index (χ3v) is 6.05. The molecule has 2 atom stereocenters. The lowest BCUT2D eigenvalue weighted by molar-refractivity contribution is -0.117. The van der Waals surface area contributed by atoms with Crippen LogP contribution in [-0.4, -0.2) is 56.4 Å². The van der Waals surface area contributed by atoms with E-state index in [-0.39, 0.29) is 11.8 Å². The van der Waals surface area contributed by atoms with E-state index in [2.05, 4.69) is 34.4 Å². The van der Waals surface area contributed by atoms with Crippen LogP contribution in [0.5, 0.6) is 5.75 Å². The first-order chi connectivity index (χ1) is 14.0. The van der Waals surface area contributed by atoms with Crippen LogP contribution in [0, 0.1) is 11.8 Å². The zero-order valence-electron chi connectivity index (χ0n) is 17.0. The second-order valence-corrected chi connectivity index (χ2v) is 8.35. The third-order valence-electron chi connectivity index (χ3n) is 6.05. The van der Waals surface area contributed by atoms with E-state index in [1.54, 1.807) is 10.7 Å². The number of carbonyl (C=O) groups excluding carboxylic acids is 1. The molecule has 3 aromatic heterocycles. The molecular weight excluding hydrogens is 368 g/mol. The Bertz CT molecular complexity index is 1060. The summed E-state index contributed by atoms with van der Waals surface area (Å²) in [5.74, 6) is 2.23. The van der Waals surface area contributed by atoms with Crippen molar-refractivity contribution >= 4 is 17.2 Å². The van der Waals surface area contributed by atoms with Gasteiger partial charge >= 0.3 is 0 Å². The minimum Gasteiger partial charge on any atom is -0.488 e. The number of nitrogens with zero attached hydrogens (tertiary/aromatic N) is 5. The number of carbonyl (C=O) groups is 1. The van der Waals surface area contributed by atoms with Crippen LogP contribution in [0.25, 0.3) is 16.8 Å². The van der Waals surface area contributed by atoms with E-state index < -0.39 is 0 Å². The summed E-state index contributed by atoms with van der Waals surface area (Å²) in [4.78, 5) is 14.3. The lowest BCUT2D eigenvalue weighted by Crippen LogP contribution is -2.55. The molecule has 1 saturated carbocycles. The van der Waals surface area contributed by atoms with Crippen molar-refractivity contribution in [3.05, 3.63) is 30.6 Å². The first-order valence-corrected chi connectivity index (χ1v) is 10.2. The predicted octanol–water partition coefficient (Wildman–Crippen LogP) is 2.41. The van der Waals surface area contributed by atoms with Crippen molar-refractivity contribution in [1.29, 1.82) is 0 Å². The molecule has 0 radical (unpaired) electrons. The molecule has 0 aromatic carbocycles. The minimum absolute atomic E-state index is 0.0612. The van der Waals surface area contributed by atoms with Crippen LogP contribution < -0.4 is 10.1 Å². The molecule has 3 aromatic rings. The summed E-state index contributed by atoms with van der Waals surface area (Å²) >= 11 is 0. The number of aryl methyl sites for hydroxylation is 1. The smallest absolute Gasteiger partial charge is 0.228 e. The number of likely N-dealkylation sites (N-methyl/N-ethyl adjacent to an activating group) is 1. The van der Waals surface area contributed by atoms with Crippen molar-refractivity contribution in [2.75, 3.05) is 25.5 Å². The Morgan fingerprint density at radius 2 is 2.14 bits per heavy atom. The number of hydrogen-bond donors (Lipinski definition) is 1. The van der Waals surface area contributed by atoms with Crippen molar-refractivity contribution in [1.82, 2.24) is 24.3 Å². The van der Waals surface area contributed by atoms with Crippen molar-refractivity contribution < 1.29 is 9.53 Å². The van der Waals surface area contributed by atoms with Gasteiger partial charge in [0.25, 0.3) is 0 Å². The summed E-state index contributed by atoms with van der Waals surface area (Å²) in [5.41, 5.74) is 2.85. The number of pyridine rings is 1. The molecule has 8 nitrogen and oxygen atoms in total. The van der Waals surface area contributed by atoms with Crippen LogP contribution >= 0.6 is 0 Å². The highest BCUT2D eigenvalue weighted by Gasteiger charge is 2.33. The van der Waals surface area contributed by atoms with Gasteiger partial charge in [0, 0.05) is 43.4 Å². The Hall–Kier alpha value is -2.87. The van der Waals surface area contributed by atoms with E-state index >= 15 is 0 Å². The van der Waals surface area contributed by atoms with E-state index in [0.717, 1.165) is 41.9 Å². The molecule has 1 aliphatic carbocycles. The van der Waals surface area contributed by atoms with E-state index in [1.807, 2.05) is 36.1 Å². The van der Waals surface area contributed by atoms with Gasteiger partial charge in [0.1, 0.15) is 12.3 Å². The average Bonchev–Trinajstić information content (AvgIpc) is 3.37. The van der Waals surface area contributed by atoms with Gasteiger partial charge < -0.3 is 10.1 Å². The largest absolute Gasteiger partial charge is 0.488 e. The van der Waals surface area contributed by atoms with Gasteiger partial charge in [0.15, 0.2) is 11.6 Å². The van der Waals surface area contributed by atoms with Crippen molar-refractivity contribution in [3.63, 3.8) is 0 Å². The summed E-state index contributed by atoms with van der Waals surface area (Å²) in [6.07, 6.45) is 5.63. The monoisotopic (exact) mass is 394 g/mol. The summed E-state index contributed by atoms with van der Waals surface area (Å²) in [6, 6.07) is 6.38. The summed E-state index contributed by atoms with van der Waals surface area (Å²) in [5, 5.41) is 11.8. The number of aromatic nitrogens is 4. The lowest BCUT2D eigenvalue weighted by atomic mass is 9.92. The Morgan fingerprint density at radius 3 is 2.86 bits per heavy atom. The minimum atomic E-state index is 0.0612. The second kappa shape index (κ2) is 6.88. The van der Waals surface area contributed by atoms with Crippen molar-refractivity contribution in [2.24, 2.45) is 18.9 Å². The molecule has 8 heteroatoms. The molecule has 0 unspecified atom stereocenters. The van der Waals surface area contributed by atoms with E-state index in [1.165, 1.54) is 0 Å². The highest BCUT2D eigenvalue weighted by molar-refractivity contribution is 5.93. The van der Waals surface area contributed by atoms with E-state index in [0.29, 0.717) is 24.4 Å². The van der Waals surface area contributed by atoms with Crippen LogP contribution in [0.4, 0.5) is 5.82 Å². The SMILES string of the molecule is C[C@H]1CN(C)[C@H]1COc1cnn(C)c1-c1ccn2nc(NC(=O)C3CC3)cc2c1. The fourth-order valence-corrected chi connectivity index (χ4v) is 4.10. The zero-order chi connectivity index (χ0) is 20.1. The molecule has 2 fully saturated rings. The van der Waals surface area contributed by atoms with Gasteiger partial charge in [0.2, 0.25) is 5.91 Å². The maximum absolute atomic E-state index is 12.0. The number of anilines is 1. The van der Waals surface area contributed by atoms with Gasteiger partial charge in [-0.05, 0) is 37.9 Å². The van der Waals surface area contributed by atoms with Gasteiger partial charge in [-0.1, -0.05) is 6.92 Å². The first-order valence-electron chi connectivity index (χ1n) is 10.2. The number of ether oxygens (including phenoxy) is 1. The number of amides is 1. The maximum atomic E-state index is 12.0. The summed E-state index contributed by atoms with van der Waals surface area (Å²) in [7, 11) is 4.05. The Morgan fingerprint density at radius 1 is 1.31 bits per heavy atom. The molecule has 1 saturated heterocycles. The fraction of sp³-hybridized carbons (Fsp3) is 0.476. The number of rotatable bonds is 6. The van der Waals surface area contributed by atoms with Crippen LogP contribution in [0.3, 0.4) is 0 Å². The normalized spacial score (nSPS) is 21.9. The Balaban J connectivity index is 1.38. The number of fused-ring (bicyclic) bond motifs is 1. The molecule has 1 N–H and O–H groups in total. The van der Waals surface area contributed by atoms with Crippen molar-refractivity contribution in [3.8, 4) is 17.0 Å². The maximum Gasteiger partial charge on any atom is 0.228 e. The summed E-state index contributed by atoms with van der Waals surface area (Å²) in [6.45, 7) is 4.03. The third kappa shape index (κ3) is 3.37. The van der Waals surface area contributed by atoms with Gasteiger partial charge in [0.05, 0.1) is 11.7 Å². The van der Waals surface area contributed by atoms with E-state index in [4.69, 9.17) is 4.74 Å². The Kier molecular flexibility index (Phi) is 4.31. The molecule has 5 rings (SSSR count).